The van der Waals surface area contributed by atoms with Gasteiger partial charge in [0.05, 0.1) is 16.0 Å². The molecule has 5 rings (SSSR count). The number of carboxylic acids is 1. The van der Waals surface area contributed by atoms with E-state index in [1.54, 1.807) is 17.5 Å². The highest BCUT2D eigenvalue weighted by Gasteiger charge is 2.38. The second-order valence-electron chi connectivity index (χ2n) is 7.84. The molecule has 5 N–H and O–H groups in total. The number of fused-ring (bicyclic) bond motifs is 1. The zero-order valence-electron chi connectivity index (χ0n) is 19.2. The van der Waals surface area contributed by atoms with E-state index in [9.17, 15) is 18.0 Å². The van der Waals surface area contributed by atoms with Crippen molar-refractivity contribution in [2.45, 2.75) is 32.1 Å². The number of nitrogens with two attached hydrogens (primary N) is 1. The summed E-state index contributed by atoms with van der Waals surface area (Å²) in [6.07, 6.45) is -2.56. The minimum Gasteiger partial charge on any atom is -0.475 e. The number of anilines is 1. The number of nitrogen functional groups attached to an aromatic ring is 1. The fourth-order valence-corrected chi connectivity index (χ4v) is 4.50. The highest BCUT2D eigenvalue weighted by Crippen LogP contribution is 2.35. The average Bonchev–Trinajstić information content (AvgIpc) is 3.64. The molecule has 1 aliphatic heterocycles. The van der Waals surface area contributed by atoms with Gasteiger partial charge in [-0.05, 0) is 41.6 Å². The van der Waals surface area contributed by atoms with Crippen molar-refractivity contribution in [1.82, 2.24) is 35.5 Å². The van der Waals surface area contributed by atoms with Gasteiger partial charge in [0.1, 0.15) is 11.2 Å². The van der Waals surface area contributed by atoms with E-state index in [0.29, 0.717) is 40.4 Å². The first-order valence-corrected chi connectivity index (χ1v) is 11.8. The summed E-state index contributed by atoms with van der Waals surface area (Å²) in [6.45, 7) is 4.18. The quantitative estimate of drug-likeness (QED) is 0.296. The molecule has 37 heavy (non-hydrogen) atoms. The van der Waals surface area contributed by atoms with Crippen LogP contribution in [0.4, 0.5) is 19.0 Å². The van der Waals surface area contributed by atoms with Crippen LogP contribution in [-0.4, -0.2) is 67.1 Å². The topological polar surface area (TPSA) is 174 Å². The van der Waals surface area contributed by atoms with Crippen LogP contribution in [0.3, 0.4) is 0 Å². The fraction of sp³-hybridized carbons (Fsp3) is 0.333. The minimum absolute atomic E-state index is 0.0948. The Hall–Kier alpha value is -4.05. The normalized spacial score (nSPS) is 15.4. The number of halogens is 3. The van der Waals surface area contributed by atoms with E-state index in [-0.39, 0.29) is 17.8 Å². The Labute approximate surface area is 210 Å². The van der Waals surface area contributed by atoms with Crippen LogP contribution in [0.25, 0.3) is 33.1 Å². The molecule has 1 saturated heterocycles. The lowest BCUT2D eigenvalue weighted by Crippen LogP contribution is -2.36. The Kier molecular flexibility index (Phi) is 7.40. The summed E-state index contributed by atoms with van der Waals surface area (Å²) in [5, 5.41) is 23.1. The molecule has 4 aromatic heterocycles. The molecular weight excluding hydrogens is 517 g/mol. The van der Waals surface area contributed by atoms with Crippen molar-refractivity contribution >= 4 is 40.1 Å². The molecular formula is C21H21F3N8O4S. The zero-order valence-corrected chi connectivity index (χ0v) is 20.1. The maximum atomic E-state index is 13.2. The van der Waals surface area contributed by atoms with Crippen LogP contribution >= 0.6 is 11.3 Å². The number of nitrogens with one attached hydrogen (secondary N) is 2. The van der Waals surface area contributed by atoms with Crippen LogP contribution in [0.1, 0.15) is 23.7 Å². The van der Waals surface area contributed by atoms with Crippen LogP contribution in [0, 0.1) is 0 Å². The smallest absolute Gasteiger partial charge is 0.475 e. The van der Waals surface area contributed by atoms with Gasteiger partial charge in [-0.2, -0.15) is 13.2 Å². The molecule has 1 unspecified atom stereocenters. The van der Waals surface area contributed by atoms with Crippen molar-refractivity contribution in [3.63, 3.8) is 0 Å². The number of hydrogen-bond donors (Lipinski definition) is 4. The van der Waals surface area contributed by atoms with E-state index in [1.807, 2.05) is 29.0 Å². The number of thiophene rings is 1. The summed E-state index contributed by atoms with van der Waals surface area (Å²) < 4.78 is 38.4. The number of nitrogens with zero attached hydrogens (tertiary/aromatic N) is 5. The Bertz CT molecular complexity index is 1410. The average molecular weight is 539 g/mol. The molecule has 1 aliphatic rings. The van der Waals surface area contributed by atoms with E-state index in [1.165, 1.54) is 0 Å². The Morgan fingerprint density at radius 3 is 2.65 bits per heavy atom. The van der Waals surface area contributed by atoms with Gasteiger partial charge in [-0.25, -0.2) is 14.4 Å². The molecule has 16 heteroatoms. The Morgan fingerprint density at radius 2 is 2.11 bits per heavy atom. The number of aromatic nitrogens is 5. The lowest BCUT2D eigenvalue weighted by Gasteiger charge is -2.13. The van der Waals surface area contributed by atoms with Gasteiger partial charge < -0.3 is 26.0 Å². The summed E-state index contributed by atoms with van der Waals surface area (Å²) in [5.41, 5.74) is 8.77. The number of pyridine rings is 1. The molecule has 1 amide bonds. The van der Waals surface area contributed by atoms with Crippen molar-refractivity contribution in [1.29, 1.82) is 0 Å². The summed E-state index contributed by atoms with van der Waals surface area (Å²) >= 11 is 1.56. The zero-order chi connectivity index (χ0) is 26.7. The first-order valence-electron chi connectivity index (χ1n) is 10.9. The molecule has 1 fully saturated rings. The molecule has 0 radical (unpaired) electrons. The van der Waals surface area contributed by atoms with Crippen molar-refractivity contribution in [3.8, 4) is 22.1 Å². The van der Waals surface area contributed by atoms with Gasteiger partial charge in [-0.1, -0.05) is 6.07 Å². The third-order valence-corrected chi connectivity index (χ3v) is 6.33. The Balaban J connectivity index is 0.000000405. The third kappa shape index (κ3) is 5.39. The maximum Gasteiger partial charge on any atom is 0.490 e. The second-order valence-corrected chi connectivity index (χ2v) is 8.79. The fourth-order valence-electron chi connectivity index (χ4n) is 3.78. The summed E-state index contributed by atoms with van der Waals surface area (Å²) in [4.78, 5) is 32.4. The van der Waals surface area contributed by atoms with Crippen LogP contribution < -0.4 is 16.4 Å². The highest BCUT2D eigenvalue weighted by atomic mass is 32.1. The number of amides is 1. The molecule has 1 atom stereocenters. The lowest BCUT2D eigenvalue weighted by molar-refractivity contribution is -0.192. The summed E-state index contributed by atoms with van der Waals surface area (Å²) in [5.74, 6) is -2.29. The number of aliphatic carboxylic acids is 1. The second kappa shape index (κ2) is 10.5. The molecule has 196 valence electrons. The van der Waals surface area contributed by atoms with Gasteiger partial charge in [0.2, 0.25) is 0 Å². The molecule has 12 nitrogen and oxygen atoms in total. The third-order valence-electron chi connectivity index (χ3n) is 5.45. The van der Waals surface area contributed by atoms with E-state index in [2.05, 4.69) is 25.9 Å². The summed E-state index contributed by atoms with van der Waals surface area (Å²) in [6, 6.07) is 4.03. The number of imidazole rings is 1. The van der Waals surface area contributed by atoms with E-state index in [0.717, 1.165) is 24.4 Å². The Morgan fingerprint density at radius 1 is 1.35 bits per heavy atom. The largest absolute Gasteiger partial charge is 0.490 e. The maximum absolute atomic E-state index is 13.2. The van der Waals surface area contributed by atoms with E-state index < -0.39 is 12.1 Å². The van der Waals surface area contributed by atoms with Gasteiger partial charge in [0, 0.05) is 25.3 Å². The van der Waals surface area contributed by atoms with E-state index >= 15 is 0 Å². The SMILES string of the molecule is CCn1c(-c2nonc2N)nc2c(-c3cccs3)ncc(C(=O)NC3CCNC3)c21.O=C(O)C(F)(F)F. The van der Waals surface area contributed by atoms with Crippen LogP contribution in [0.15, 0.2) is 28.3 Å². The monoisotopic (exact) mass is 538 g/mol. The van der Waals surface area contributed by atoms with Gasteiger partial charge in [0.25, 0.3) is 5.91 Å². The molecule has 0 aliphatic carbocycles. The van der Waals surface area contributed by atoms with Gasteiger partial charge >= 0.3 is 12.1 Å². The predicted molar refractivity (Wildman–Crippen MR) is 127 cm³/mol. The molecule has 0 aromatic carbocycles. The number of carbonyl (C=O) groups excluding carboxylic acids is 1. The number of hydrogen-bond acceptors (Lipinski definition) is 10. The molecule has 0 saturated carbocycles. The van der Waals surface area contributed by atoms with Gasteiger partial charge in [-0.3, -0.25) is 9.78 Å². The number of aryl methyl sites for hydroxylation is 1. The van der Waals surface area contributed by atoms with Gasteiger partial charge in [-0.15, -0.1) is 11.3 Å². The standard InChI is InChI=1S/C19H20N8O2S.C2HF3O2/c1-2-27-16-11(19(28)23-10-5-6-21-8-10)9-22-13(12-4-3-7-30-12)14(16)24-18(27)15-17(20)26-29-25-15;3-2(4,5)1(6)7/h3-4,7,9-10,21H,2,5-6,8H2,1H3,(H2,20,26)(H,23,28);(H,6,7). The first kappa shape index (κ1) is 26.0. The number of carbonyl (C=O) groups is 2. The molecule has 5 heterocycles. The van der Waals surface area contributed by atoms with Crippen LogP contribution in [0.5, 0.6) is 0 Å². The van der Waals surface area contributed by atoms with Gasteiger partial charge in [0.15, 0.2) is 17.3 Å². The van der Waals surface area contributed by atoms with E-state index in [4.69, 9.17) is 25.2 Å². The molecule has 0 bridgehead atoms. The number of carboxylic acid groups (broad SMARTS) is 1. The first-order chi connectivity index (χ1) is 17.6. The highest BCUT2D eigenvalue weighted by molar-refractivity contribution is 7.13. The number of alkyl halides is 3. The number of rotatable bonds is 5. The predicted octanol–water partition coefficient (Wildman–Crippen LogP) is 2.54. The van der Waals surface area contributed by atoms with Crippen LogP contribution in [0.2, 0.25) is 0 Å². The van der Waals surface area contributed by atoms with Crippen molar-refractivity contribution in [2.75, 3.05) is 18.8 Å². The summed E-state index contributed by atoms with van der Waals surface area (Å²) in [7, 11) is 0. The lowest BCUT2D eigenvalue weighted by atomic mass is 10.1. The minimum atomic E-state index is -5.08. The van der Waals surface area contributed by atoms with Crippen molar-refractivity contribution in [3.05, 3.63) is 29.3 Å². The van der Waals surface area contributed by atoms with Crippen molar-refractivity contribution in [2.24, 2.45) is 0 Å². The van der Waals surface area contributed by atoms with Crippen LogP contribution in [-0.2, 0) is 11.3 Å². The van der Waals surface area contributed by atoms with Crippen molar-refractivity contribution < 1.29 is 32.5 Å². The molecule has 4 aromatic rings. The molecule has 0 spiro atoms.